The predicted octanol–water partition coefficient (Wildman–Crippen LogP) is 3.65. The molecular formula is C27H28N4O3S. The predicted molar refractivity (Wildman–Crippen MR) is 138 cm³/mol. The molecule has 0 radical (unpaired) electrons. The van der Waals surface area contributed by atoms with Crippen LogP contribution in [0.5, 0.6) is 0 Å². The van der Waals surface area contributed by atoms with Gasteiger partial charge in [0, 0.05) is 32.6 Å². The zero-order chi connectivity index (χ0) is 24.2. The van der Waals surface area contributed by atoms with Crippen molar-refractivity contribution >= 4 is 27.5 Å². The maximum absolute atomic E-state index is 13.1. The van der Waals surface area contributed by atoms with Crippen molar-refractivity contribution in [2.75, 3.05) is 26.3 Å². The SMILES string of the molecule is Cc1c(C(=O)NCc2ccccc2CN2CCOCC2)sc2nc(Cc3ccccc3)[nH]c(=O)c12. The quantitative estimate of drug-likeness (QED) is 0.415. The van der Waals surface area contributed by atoms with Gasteiger partial charge in [-0.1, -0.05) is 54.6 Å². The number of nitrogens with one attached hydrogen (secondary N) is 2. The second kappa shape index (κ2) is 10.5. The highest BCUT2D eigenvalue weighted by atomic mass is 32.1. The minimum atomic E-state index is -0.204. The molecule has 1 saturated heterocycles. The number of carbonyl (C=O) groups is 1. The van der Waals surface area contributed by atoms with Crippen LogP contribution in [0.1, 0.15) is 37.7 Å². The van der Waals surface area contributed by atoms with Crippen LogP contribution in [0.4, 0.5) is 0 Å². The van der Waals surface area contributed by atoms with Gasteiger partial charge in [-0.2, -0.15) is 0 Å². The summed E-state index contributed by atoms with van der Waals surface area (Å²) in [6.45, 7) is 6.41. The topological polar surface area (TPSA) is 87.3 Å². The maximum atomic E-state index is 13.1. The van der Waals surface area contributed by atoms with E-state index in [-0.39, 0.29) is 11.5 Å². The molecule has 2 aromatic heterocycles. The van der Waals surface area contributed by atoms with Crippen LogP contribution in [0.2, 0.25) is 0 Å². The molecule has 1 fully saturated rings. The number of aryl methyl sites for hydroxylation is 1. The molecule has 5 rings (SSSR count). The fraction of sp³-hybridized carbons (Fsp3) is 0.296. The standard InChI is InChI=1S/C27H28N4O3S/c1-18-23-25(32)29-22(15-19-7-3-2-4-8-19)30-27(23)35-24(18)26(33)28-16-20-9-5-6-10-21(20)17-31-11-13-34-14-12-31/h2-10H,11-17H2,1H3,(H,28,33)(H,29,30,32). The van der Waals surface area contributed by atoms with Crippen LogP contribution in [-0.4, -0.2) is 47.1 Å². The van der Waals surface area contributed by atoms with Crippen molar-refractivity contribution < 1.29 is 9.53 Å². The van der Waals surface area contributed by atoms with Gasteiger partial charge in [-0.15, -0.1) is 11.3 Å². The molecule has 2 aromatic carbocycles. The van der Waals surface area contributed by atoms with Crippen LogP contribution in [0.3, 0.4) is 0 Å². The van der Waals surface area contributed by atoms with Crippen LogP contribution < -0.4 is 10.9 Å². The van der Waals surface area contributed by atoms with Crippen molar-refractivity contribution in [3.8, 4) is 0 Å². The molecule has 35 heavy (non-hydrogen) atoms. The van der Waals surface area contributed by atoms with E-state index in [0.29, 0.717) is 39.4 Å². The Kier molecular flexibility index (Phi) is 7.03. The second-order valence-corrected chi connectivity index (χ2v) is 9.75. The first kappa shape index (κ1) is 23.4. The van der Waals surface area contributed by atoms with Crippen molar-refractivity contribution in [3.63, 3.8) is 0 Å². The van der Waals surface area contributed by atoms with Gasteiger partial charge in [-0.3, -0.25) is 14.5 Å². The Morgan fingerprint density at radius 2 is 1.80 bits per heavy atom. The maximum Gasteiger partial charge on any atom is 0.261 e. The molecule has 4 aromatic rings. The Labute approximate surface area is 207 Å². The fourth-order valence-corrected chi connectivity index (χ4v) is 5.54. The number of aromatic nitrogens is 2. The number of nitrogens with zero attached hydrogens (tertiary/aromatic N) is 2. The zero-order valence-electron chi connectivity index (χ0n) is 19.7. The molecule has 1 aliphatic heterocycles. The van der Waals surface area contributed by atoms with E-state index in [4.69, 9.17) is 4.74 Å². The van der Waals surface area contributed by atoms with Crippen molar-refractivity contribution in [1.29, 1.82) is 0 Å². The minimum absolute atomic E-state index is 0.185. The van der Waals surface area contributed by atoms with Crippen LogP contribution in [0.25, 0.3) is 10.2 Å². The molecule has 0 aliphatic carbocycles. The van der Waals surface area contributed by atoms with Crippen molar-refractivity contribution in [2.24, 2.45) is 0 Å². The summed E-state index contributed by atoms with van der Waals surface area (Å²) >= 11 is 1.27. The molecule has 1 aliphatic rings. The average Bonchev–Trinajstić information content (AvgIpc) is 3.21. The molecule has 0 bridgehead atoms. The summed E-state index contributed by atoms with van der Waals surface area (Å²) in [6, 6.07) is 18.1. The van der Waals surface area contributed by atoms with E-state index >= 15 is 0 Å². The van der Waals surface area contributed by atoms with E-state index in [9.17, 15) is 9.59 Å². The lowest BCUT2D eigenvalue weighted by Gasteiger charge is -2.27. The largest absolute Gasteiger partial charge is 0.379 e. The molecule has 0 unspecified atom stereocenters. The number of thiophene rings is 1. The second-order valence-electron chi connectivity index (χ2n) is 8.75. The lowest BCUT2D eigenvalue weighted by atomic mass is 10.1. The Balaban J connectivity index is 1.33. The van der Waals surface area contributed by atoms with Gasteiger partial charge in [0.25, 0.3) is 11.5 Å². The van der Waals surface area contributed by atoms with Crippen LogP contribution in [0, 0.1) is 6.92 Å². The van der Waals surface area contributed by atoms with E-state index < -0.39 is 0 Å². The smallest absolute Gasteiger partial charge is 0.261 e. The number of carbonyl (C=O) groups excluding carboxylic acids is 1. The van der Waals surface area contributed by atoms with Gasteiger partial charge >= 0.3 is 0 Å². The summed E-state index contributed by atoms with van der Waals surface area (Å²) in [4.78, 5) is 37.0. The summed E-state index contributed by atoms with van der Waals surface area (Å²) in [7, 11) is 0. The molecule has 2 N–H and O–H groups in total. The first-order valence-electron chi connectivity index (χ1n) is 11.8. The molecule has 1 amide bonds. The number of hydrogen-bond acceptors (Lipinski definition) is 6. The normalized spacial score (nSPS) is 14.3. The number of ether oxygens (including phenoxy) is 1. The highest BCUT2D eigenvalue weighted by Crippen LogP contribution is 2.27. The number of rotatable bonds is 7. The van der Waals surface area contributed by atoms with E-state index in [1.165, 1.54) is 16.9 Å². The summed E-state index contributed by atoms with van der Waals surface area (Å²) < 4.78 is 5.45. The number of benzene rings is 2. The van der Waals surface area contributed by atoms with Gasteiger partial charge in [0.15, 0.2) is 0 Å². The Morgan fingerprint density at radius 1 is 1.09 bits per heavy atom. The molecule has 3 heterocycles. The lowest BCUT2D eigenvalue weighted by Crippen LogP contribution is -2.36. The molecule has 8 heteroatoms. The third-order valence-electron chi connectivity index (χ3n) is 6.33. The minimum Gasteiger partial charge on any atom is -0.379 e. The molecule has 0 saturated carbocycles. The zero-order valence-corrected chi connectivity index (χ0v) is 20.5. The van der Waals surface area contributed by atoms with Crippen LogP contribution in [-0.2, 0) is 24.2 Å². The third kappa shape index (κ3) is 5.35. The Morgan fingerprint density at radius 3 is 2.57 bits per heavy atom. The first-order valence-corrected chi connectivity index (χ1v) is 12.6. The van der Waals surface area contributed by atoms with Gasteiger partial charge in [0.05, 0.1) is 23.5 Å². The van der Waals surface area contributed by atoms with Gasteiger partial charge in [-0.25, -0.2) is 4.98 Å². The molecule has 0 spiro atoms. The summed E-state index contributed by atoms with van der Waals surface area (Å²) in [5.74, 6) is 0.412. The highest BCUT2D eigenvalue weighted by molar-refractivity contribution is 7.20. The van der Waals surface area contributed by atoms with E-state index in [2.05, 4.69) is 32.3 Å². The number of fused-ring (bicyclic) bond motifs is 1. The Hall–Kier alpha value is -3.33. The van der Waals surface area contributed by atoms with E-state index in [0.717, 1.165) is 44.0 Å². The molecular weight excluding hydrogens is 460 g/mol. The van der Waals surface area contributed by atoms with Crippen molar-refractivity contribution in [2.45, 2.75) is 26.4 Å². The highest BCUT2D eigenvalue weighted by Gasteiger charge is 2.20. The number of H-pyrrole nitrogens is 1. The molecule has 0 atom stereocenters. The Bertz CT molecular complexity index is 1390. The van der Waals surface area contributed by atoms with Crippen LogP contribution in [0.15, 0.2) is 59.4 Å². The van der Waals surface area contributed by atoms with Gasteiger partial charge in [0.2, 0.25) is 0 Å². The summed E-state index contributed by atoms with van der Waals surface area (Å²) in [5.41, 5.74) is 3.82. The number of aromatic amines is 1. The van der Waals surface area contributed by atoms with E-state index in [1.54, 1.807) is 0 Å². The number of hydrogen-bond donors (Lipinski definition) is 2. The first-order chi connectivity index (χ1) is 17.1. The fourth-order valence-electron chi connectivity index (χ4n) is 4.42. The molecule has 180 valence electrons. The van der Waals surface area contributed by atoms with Crippen molar-refractivity contribution in [3.05, 3.63) is 97.9 Å². The van der Waals surface area contributed by atoms with E-state index in [1.807, 2.05) is 49.4 Å². The molecule has 7 nitrogen and oxygen atoms in total. The third-order valence-corrected chi connectivity index (χ3v) is 7.51. The van der Waals surface area contributed by atoms with Gasteiger partial charge in [-0.05, 0) is 29.2 Å². The summed E-state index contributed by atoms with van der Waals surface area (Å²) in [5, 5.41) is 3.55. The lowest BCUT2D eigenvalue weighted by molar-refractivity contribution is 0.0340. The summed E-state index contributed by atoms with van der Waals surface area (Å²) in [6.07, 6.45) is 0.532. The van der Waals surface area contributed by atoms with Gasteiger partial charge in [0.1, 0.15) is 10.7 Å². The van der Waals surface area contributed by atoms with Crippen molar-refractivity contribution in [1.82, 2.24) is 20.2 Å². The number of amides is 1. The van der Waals surface area contributed by atoms with Gasteiger partial charge < -0.3 is 15.0 Å². The number of morpholine rings is 1. The monoisotopic (exact) mass is 488 g/mol. The van der Waals surface area contributed by atoms with Crippen LogP contribution >= 0.6 is 11.3 Å². The average molecular weight is 489 g/mol.